The molecular weight excluding hydrogens is 352 g/mol. The van der Waals surface area contributed by atoms with Crippen LogP contribution in [0.3, 0.4) is 0 Å². The van der Waals surface area contributed by atoms with E-state index in [0.29, 0.717) is 13.0 Å². The van der Waals surface area contributed by atoms with Crippen molar-refractivity contribution < 1.29 is 14.3 Å². The molecule has 0 radical (unpaired) electrons. The van der Waals surface area contributed by atoms with Crippen LogP contribution < -0.4 is 14.8 Å². The number of carbonyl (C=O) groups is 1. The zero-order valence-electron chi connectivity index (χ0n) is 16.4. The molecule has 2 atom stereocenters. The Hall–Kier alpha value is -2.53. The number of amides is 1. The lowest BCUT2D eigenvalue weighted by Gasteiger charge is -2.34. The Morgan fingerprint density at radius 1 is 1.25 bits per heavy atom. The molecule has 28 heavy (non-hydrogen) atoms. The van der Waals surface area contributed by atoms with Crippen molar-refractivity contribution in [1.82, 2.24) is 10.2 Å². The second-order valence-corrected chi connectivity index (χ2v) is 7.75. The van der Waals surface area contributed by atoms with Crippen molar-refractivity contribution in [1.29, 1.82) is 0 Å². The molecule has 1 amide bonds. The number of methoxy groups -OCH3 is 1. The van der Waals surface area contributed by atoms with Crippen LogP contribution in [0.2, 0.25) is 0 Å². The average molecular weight is 380 g/mol. The van der Waals surface area contributed by atoms with E-state index in [4.69, 9.17) is 9.47 Å². The van der Waals surface area contributed by atoms with Crippen LogP contribution in [0.4, 0.5) is 0 Å². The minimum Gasteiger partial charge on any atom is -0.497 e. The molecular formula is C23H28N2O3. The number of fused-ring (bicyclic) bond motifs is 1. The SMILES string of the molecule is COc1ccc2c(c1)CC(C(=O)NC1CCCN(Cc3ccccc3)C1)CO2. The van der Waals surface area contributed by atoms with Gasteiger partial charge in [0, 0.05) is 19.1 Å². The topological polar surface area (TPSA) is 50.8 Å². The van der Waals surface area contributed by atoms with Gasteiger partial charge < -0.3 is 14.8 Å². The number of hydrogen-bond acceptors (Lipinski definition) is 4. The first kappa shape index (κ1) is 18.8. The van der Waals surface area contributed by atoms with E-state index in [9.17, 15) is 4.79 Å². The van der Waals surface area contributed by atoms with E-state index >= 15 is 0 Å². The van der Waals surface area contributed by atoms with Crippen LogP contribution >= 0.6 is 0 Å². The Morgan fingerprint density at radius 3 is 2.93 bits per heavy atom. The van der Waals surface area contributed by atoms with Crippen molar-refractivity contribution in [2.24, 2.45) is 5.92 Å². The van der Waals surface area contributed by atoms with Crippen molar-refractivity contribution in [3.05, 3.63) is 59.7 Å². The largest absolute Gasteiger partial charge is 0.497 e. The second kappa shape index (κ2) is 8.65. The molecule has 0 spiro atoms. The molecule has 2 unspecified atom stereocenters. The first-order valence-electron chi connectivity index (χ1n) is 10.1. The lowest BCUT2D eigenvalue weighted by molar-refractivity contribution is -0.127. The molecule has 5 nitrogen and oxygen atoms in total. The summed E-state index contributed by atoms with van der Waals surface area (Å²) in [6.45, 7) is 3.36. The van der Waals surface area contributed by atoms with Gasteiger partial charge in [-0.05, 0) is 55.1 Å². The quantitative estimate of drug-likeness (QED) is 0.866. The fourth-order valence-corrected chi connectivity index (χ4v) is 4.14. The predicted octanol–water partition coefficient (Wildman–Crippen LogP) is 3.03. The fourth-order valence-electron chi connectivity index (χ4n) is 4.14. The maximum Gasteiger partial charge on any atom is 0.227 e. The summed E-state index contributed by atoms with van der Waals surface area (Å²) < 4.78 is 11.1. The normalized spacial score (nSPS) is 22.0. The van der Waals surface area contributed by atoms with Crippen LogP contribution in [0.15, 0.2) is 48.5 Å². The number of hydrogen-bond donors (Lipinski definition) is 1. The number of nitrogens with zero attached hydrogens (tertiary/aromatic N) is 1. The zero-order valence-corrected chi connectivity index (χ0v) is 16.4. The molecule has 2 aromatic carbocycles. The maximum absolute atomic E-state index is 12.9. The Labute approximate surface area is 166 Å². The summed E-state index contributed by atoms with van der Waals surface area (Å²) in [7, 11) is 1.65. The Balaban J connectivity index is 1.33. The highest BCUT2D eigenvalue weighted by Crippen LogP contribution is 2.31. The number of piperidine rings is 1. The van der Waals surface area contributed by atoms with Crippen molar-refractivity contribution in [3.63, 3.8) is 0 Å². The van der Waals surface area contributed by atoms with Crippen LogP contribution in [0.5, 0.6) is 11.5 Å². The number of nitrogens with one attached hydrogen (secondary N) is 1. The minimum absolute atomic E-state index is 0.0973. The summed E-state index contributed by atoms with van der Waals surface area (Å²) >= 11 is 0. The van der Waals surface area contributed by atoms with Crippen molar-refractivity contribution >= 4 is 5.91 Å². The lowest BCUT2D eigenvalue weighted by atomic mass is 9.95. The smallest absolute Gasteiger partial charge is 0.227 e. The van der Waals surface area contributed by atoms with Gasteiger partial charge in [-0.3, -0.25) is 9.69 Å². The Bertz CT molecular complexity index is 809. The number of benzene rings is 2. The second-order valence-electron chi connectivity index (χ2n) is 7.75. The standard InChI is InChI=1S/C23H28N2O3/c1-27-21-9-10-22-18(13-21)12-19(16-28-22)23(26)24-20-8-5-11-25(15-20)14-17-6-3-2-4-7-17/h2-4,6-7,9-10,13,19-20H,5,8,11-12,14-16H2,1H3,(H,24,26). The molecule has 2 aromatic rings. The third-order valence-corrected chi connectivity index (χ3v) is 5.65. The van der Waals surface area contributed by atoms with E-state index in [1.54, 1.807) is 7.11 Å². The number of ether oxygens (including phenoxy) is 2. The van der Waals surface area contributed by atoms with Crippen LogP contribution in [0, 0.1) is 5.92 Å². The molecule has 1 N–H and O–H groups in total. The number of likely N-dealkylation sites (tertiary alicyclic amines) is 1. The van der Waals surface area contributed by atoms with E-state index in [2.05, 4.69) is 34.5 Å². The van der Waals surface area contributed by atoms with Crippen LogP contribution in [0.1, 0.15) is 24.0 Å². The molecule has 2 aliphatic heterocycles. The summed E-state index contributed by atoms with van der Waals surface area (Å²) in [5, 5.41) is 3.27. The number of rotatable bonds is 5. The van der Waals surface area contributed by atoms with Gasteiger partial charge in [0.05, 0.1) is 13.0 Å². The molecule has 0 aromatic heterocycles. The highest BCUT2D eigenvalue weighted by molar-refractivity contribution is 5.80. The highest BCUT2D eigenvalue weighted by Gasteiger charge is 2.29. The minimum atomic E-state index is -0.149. The zero-order chi connectivity index (χ0) is 19.3. The van der Waals surface area contributed by atoms with E-state index < -0.39 is 0 Å². The van der Waals surface area contributed by atoms with Crippen LogP contribution in [-0.2, 0) is 17.8 Å². The molecule has 0 aliphatic carbocycles. The molecule has 1 saturated heterocycles. The van der Waals surface area contributed by atoms with E-state index in [1.807, 2.05) is 24.3 Å². The summed E-state index contributed by atoms with van der Waals surface area (Å²) in [6, 6.07) is 16.5. The van der Waals surface area contributed by atoms with Crippen LogP contribution in [-0.4, -0.2) is 43.7 Å². The molecule has 5 heteroatoms. The first-order chi connectivity index (χ1) is 13.7. The molecule has 2 aliphatic rings. The van der Waals surface area contributed by atoms with Gasteiger partial charge in [0.2, 0.25) is 5.91 Å². The lowest BCUT2D eigenvalue weighted by Crippen LogP contribution is -2.50. The molecule has 1 fully saturated rings. The monoisotopic (exact) mass is 380 g/mol. The van der Waals surface area contributed by atoms with E-state index in [0.717, 1.165) is 49.5 Å². The Morgan fingerprint density at radius 2 is 2.11 bits per heavy atom. The number of carbonyl (C=O) groups excluding carboxylic acids is 1. The van der Waals surface area contributed by atoms with Crippen molar-refractivity contribution in [3.8, 4) is 11.5 Å². The van der Waals surface area contributed by atoms with Gasteiger partial charge in [0.1, 0.15) is 18.1 Å². The molecule has 4 rings (SSSR count). The van der Waals surface area contributed by atoms with Gasteiger partial charge in [-0.15, -0.1) is 0 Å². The summed E-state index contributed by atoms with van der Waals surface area (Å²) in [4.78, 5) is 15.3. The average Bonchev–Trinajstić information content (AvgIpc) is 2.74. The van der Waals surface area contributed by atoms with Gasteiger partial charge in [0.15, 0.2) is 0 Å². The van der Waals surface area contributed by atoms with Crippen molar-refractivity contribution in [2.75, 3.05) is 26.8 Å². The molecule has 0 saturated carbocycles. The van der Waals surface area contributed by atoms with Crippen molar-refractivity contribution in [2.45, 2.75) is 31.8 Å². The maximum atomic E-state index is 12.9. The van der Waals surface area contributed by atoms with Gasteiger partial charge in [-0.1, -0.05) is 30.3 Å². The summed E-state index contributed by atoms with van der Waals surface area (Å²) in [5.41, 5.74) is 2.36. The Kier molecular flexibility index (Phi) is 5.81. The van der Waals surface area contributed by atoms with E-state index in [-0.39, 0.29) is 17.9 Å². The highest BCUT2D eigenvalue weighted by atomic mass is 16.5. The molecule has 2 heterocycles. The third-order valence-electron chi connectivity index (χ3n) is 5.65. The predicted molar refractivity (Wildman–Crippen MR) is 109 cm³/mol. The molecule has 148 valence electrons. The summed E-state index contributed by atoms with van der Waals surface area (Å²) in [6.07, 6.45) is 2.84. The first-order valence-corrected chi connectivity index (χ1v) is 10.1. The van der Waals surface area contributed by atoms with Gasteiger partial charge in [0.25, 0.3) is 0 Å². The van der Waals surface area contributed by atoms with Gasteiger partial charge in [-0.25, -0.2) is 0 Å². The fraction of sp³-hybridized carbons (Fsp3) is 0.435. The molecule has 0 bridgehead atoms. The van der Waals surface area contributed by atoms with Gasteiger partial charge >= 0.3 is 0 Å². The van der Waals surface area contributed by atoms with Crippen LogP contribution in [0.25, 0.3) is 0 Å². The van der Waals surface area contributed by atoms with Gasteiger partial charge in [-0.2, -0.15) is 0 Å². The van der Waals surface area contributed by atoms with E-state index in [1.165, 1.54) is 5.56 Å². The summed E-state index contributed by atoms with van der Waals surface area (Å²) in [5.74, 6) is 1.60. The third kappa shape index (κ3) is 4.47.